The van der Waals surface area contributed by atoms with E-state index in [0.29, 0.717) is 16.5 Å². The van der Waals surface area contributed by atoms with Crippen molar-refractivity contribution >= 4 is 11.6 Å². The Labute approximate surface area is 102 Å². The van der Waals surface area contributed by atoms with Gasteiger partial charge in [-0.2, -0.15) is 0 Å². The summed E-state index contributed by atoms with van der Waals surface area (Å²) in [5.74, 6) is 0.336. The number of nitrogens with one attached hydrogen (secondary N) is 1. The summed E-state index contributed by atoms with van der Waals surface area (Å²) in [5, 5.41) is 3.82. The number of halogens is 2. The number of benzene rings is 1. The van der Waals surface area contributed by atoms with Gasteiger partial charge < -0.3 is 5.32 Å². The number of hydrogen-bond donors (Lipinski definition) is 1. The first-order chi connectivity index (χ1) is 7.58. The van der Waals surface area contributed by atoms with Crippen molar-refractivity contribution in [3.05, 3.63) is 34.1 Å². The second-order valence-electron chi connectivity index (χ2n) is 4.23. The summed E-state index contributed by atoms with van der Waals surface area (Å²) in [4.78, 5) is 0. The molecule has 0 saturated heterocycles. The molecule has 1 nitrogen and oxygen atoms in total. The average molecular weight is 244 g/mol. The summed E-state index contributed by atoms with van der Waals surface area (Å²) < 4.78 is 13.4. The van der Waals surface area contributed by atoms with Crippen LogP contribution in [0.5, 0.6) is 0 Å². The first-order valence-electron chi connectivity index (χ1n) is 5.67. The molecule has 1 unspecified atom stereocenters. The van der Waals surface area contributed by atoms with E-state index in [-0.39, 0.29) is 5.82 Å². The molecule has 0 aromatic heterocycles. The van der Waals surface area contributed by atoms with Crippen molar-refractivity contribution in [3.63, 3.8) is 0 Å². The lowest BCUT2D eigenvalue weighted by molar-refractivity contribution is 0.479. The fourth-order valence-corrected chi connectivity index (χ4v) is 2.10. The van der Waals surface area contributed by atoms with Crippen LogP contribution < -0.4 is 5.32 Å². The Morgan fingerprint density at radius 1 is 1.44 bits per heavy atom. The fraction of sp³-hybridized carbons (Fsp3) is 0.538. The Balaban J connectivity index is 2.83. The standard InChI is InChI=1S/C13H19ClFN/c1-4-10(8-16-3)6-11-7-13(15)9(2)5-12(11)14/h5,7,10,16H,4,6,8H2,1-3H3. The highest BCUT2D eigenvalue weighted by Gasteiger charge is 2.11. The van der Waals surface area contributed by atoms with Crippen LogP contribution in [0.25, 0.3) is 0 Å². The molecule has 90 valence electrons. The zero-order chi connectivity index (χ0) is 12.1. The topological polar surface area (TPSA) is 12.0 Å². The van der Waals surface area contributed by atoms with Crippen LogP contribution in [-0.4, -0.2) is 13.6 Å². The third-order valence-electron chi connectivity index (χ3n) is 2.91. The molecule has 0 aliphatic carbocycles. The Morgan fingerprint density at radius 3 is 2.69 bits per heavy atom. The maximum absolute atomic E-state index is 13.4. The Morgan fingerprint density at radius 2 is 2.12 bits per heavy atom. The molecule has 0 fully saturated rings. The minimum Gasteiger partial charge on any atom is -0.319 e. The van der Waals surface area contributed by atoms with Crippen molar-refractivity contribution in [2.24, 2.45) is 5.92 Å². The van der Waals surface area contributed by atoms with Gasteiger partial charge in [0.1, 0.15) is 5.82 Å². The molecule has 1 aromatic rings. The predicted molar refractivity (Wildman–Crippen MR) is 67.6 cm³/mol. The molecule has 3 heteroatoms. The van der Waals surface area contributed by atoms with Gasteiger partial charge in [0.05, 0.1) is 0 Å². The quantitative estimate of drug-likeness (QED) is 0.834. The van der Waals surface area contributed by atoms with Gasteiger partial charge in [-0.1, -0.05) is 24.9 Å². The summed E-state index contributed by atoms with van der Waals surface area (Å²) in [6.45, 7) is 4.80. The van der Waals surface area contributed by atoms with Crippen LogP contribution in [-0.2, 0) is 6.42 Å². The predicted octanol–water partition coefficient (Wildman–Crippen LogP) is 3.58. The van der Waals surface area contributed by atoms with E-state index in [1.54, 1.807) is 19.1 Å². The van der Waals surface area contributed by atoms with Gasteiger partial charge >= 0.3 is 0 Å². The first-order valence-corrected chi connectivity index (χ1v) is 6.05. The second-order valence-corrected chi connectivity index (χ2v) is 4.64. The van der Waals surface area contributed by atoms with Crippen molar-refractivity contribution in [1.82, 2.24) is 5.32 Å². The summed E-state index contributed by atoms with van der Waals surface area (Å²) in [7, 11) is 1.93. The third-order valence-corrected chi connectivity index (χ3v) is 3.26. The van der Waals surface area contributed by atoms with Crippen LogP contribution in [0.2, 0.25) is 5.02 Å². The maximum atomic E-state index is 13.4. The monoisotopic (exact) mass is 243 g/mol. The lowest BCUT2D eigenvalue weighted by Crippen LogP contribution is -2.20. The van der Waals surface area contributed by atoms with Crippen molar-refractivity contribution < 1.29 is 4.39 Å². The molecule has 1 N–H and O–H groups in total. The zero-order valence-electron chi connectivity index (χ0n) is 10.1. The summed E-state index contributed by atoms with van der Waals surface area (Å²) in [6.07, 6.45) is 1.89. The van der Waals surface area contributed by atoms with E-state index in [2.05, 4.69) is 12.2 Å². The van der Waals surface area contributed by atoms with E-state index in [1.165, 1.54) is 0 Å². The Kier molecular flexibility index (Phi) is 5.23. The van der Waals surface area contributed by atoms with E-state index in [4.69, 9.17) is 11.6 Å². The SMILES string of the molecule is CCC(CNC)Cc1cc(F)c(C)cc1Cl. The van der Waals surface area contributed by atoms with Crippen LogP contribution >= 0.6 is 11.6 Å². The minimum absolute atomic E-state index is 0.168. The largest absolute Gasteiger partial charge is 0.319 e. The van der Waals surface area contributed by atoms with Gasteiger partial charge in [-0.15, -0.1) is 0 Å². The van der Waals surface area contributed by atoms with Gasteiger partial charge in [-0.25, -0.2) is 4.39 Å². The van der Waals surface area contributed by atoms with Gasteiger partial charge in [-0.3, -0.25) is 0 Å². The number of hydrogen-bond acceptors (Lipinski definition) is 1. The van der Waals surface area contributed by atoms with Crippen molar-refractivity contribution in [3.8, 4) is 0 Å². The van der Waals surface area contributed by atoms with Crippen LogP contribution in [0.1, 0.15) is 24.5 Å². The van der Waals surface area contributed by atoms with Gasteiger partial charge in [0, 0.05) is 5.02 Å². The van der Waals surface area contributed by atoms with Crippen LogP contribution in [0, 0.1) is 18.7 Å². The molecule has 0 amide bonds. The van der Waals surface area contributed by atoms with E-state index in [9.17, 15) is 4.39 Å². The first kappa shape index (κ1) is 13.5. The Bertz CT molecular complexity index is 352. The molecule has 1 rings (SSSR count). The Hall–Kier alpha value is -0.600. The normalized spacial score (nSPS) is 12.8. The summed E-state index contributed by atoms with van der Waals surface area (Å²) >= 11 is 6.12. The van der Waals surface area contributed by atoms with Crippen LogP contribution in [0.4, 0.5) is 4.39 Å². The molecule has 0 radical (unpaired) electrons. The minimum atomic E-state index is -0.168. The molecule has 0 aliphatic heterocycles. The number of aryl methyl sites for hydroxylation is 1. The fourth-order valence-electron chi connectivity index (χ4n) is 1.80. The molecule has 0 aliphatic rings. The smallest absolute Gasteiger partial charge is 0.126 e. The highest BCUT2D eigenvalue weighted by atomic mass is 35.5. The zero-order valence-corrected chi connectivity index (χ0v) is 10.9. The van der Waals surface area contributed by atoms with Crippen LogP contribution in [0.3, 0.4) is 0 Å². The molecule has 16 heavy (non-hydrogen) atoms. The van der Waals surface area contributed by atoms with E-state index < -0.39 is 0 Å². The highest BCUT2D eigenvalue weighted by Crippen LogP contribution is 2.23. The highest BCUT2D eigenvalue weighted by molar-refractivity contribution is 6.31. The van der Waals surface area contributed by atoms with E-state index in [1.807, 2.05) is 7.05 Å². The molecule has 0 heterocycles. The lowest BCUT2D eigenvalue weighted by Gasteiger charge is -2.15. The summed E-state index contributed by atoms with van der Waals surface area (Å²) in [5.41, 5.74) is 1.52. The molecule has 1 atom stereocenters. The molecule has 0 bridgehead atoms. The van der Waals surface area contributed by atoms with Gasteiger partial charge in [-0.05, 0) is 56.1 Å². The molecule has 1 aromatic carbocycles. The molecule has 0 saturated carbocycles. The van der Waals surface area contributed by atoms with Gasteiger partial charge in [0.15, 0.2) is 0 Å². The van der Waals surface area contributed by atoms with Crippen molar-refractivity contribution in [2.75, 3.05) is 13.6 Å². The van der Waals surface area contributed by atoms with E-state index >= 15 is 0 Å². The molecule has 0 spiro atoms. The van der Waals surface area contributed by atoms with E-state index in [0.717, 1.165) is 24.9 Å². The van der Waals surface area contributed by atoms with Crippen molar-refractivity contribution in [2.45, 2.75) is 26.7 Å². The second kappa shape index (κ2) is 6.21. The maximum Gasteiger partial charge on any atom is 0.126 e. The van der Waals surface area contributed by atoms with Crippen LogP contribution in [0.15, 0.2) is 12.1 Å². The average Bonchev–Trinajstić information content (AvgIpc) is 2.25. The van der Waals surface area contributed by atoms with Gasteiger partial charge in [0.2, 0.25) is 0 Å². The lowest BCUT2D eigenvalue weighted by atomic mass is 9.96. The molecular formula is C13H19ClFN. The molecular weight excluding hydrogens is 225 g/mol. The summed E-state index contributed by atoms with van der Waals surface area (Å²) in [6, 6.07) is 3.27. The third kappa shape index (κ3) is 3.46. The van der Waals surface area contributed by atoms with Crippen molar-refractivity contribution in [1.29, 1.82) is 0 Å². The number of rotatable bonds is 5. The van der Waals surface area contributed by atoms with Gasteiger partial charge in [0.25, 0.3) is 0 Å².